The molecule has 1 atom stereocenters. The van der Waals surface area contributed by atoms with Crippen LogP contribution in [0.3, 0.4) is 0 Å². The summed E-state index contributed by atoms with van der Waals surface area (Å²) in [6.45, 7) is 1.17. The van der Waals surface area contributed by atoms with Crippen LogP contribution in [-0.4, -0.2) is 53.6 Å². The van der Waals surface area contributed by atoms with E-state index in [2.05, 4.69) is 15.7 Å². The van der Waals surface area contributed by atoms with Gasteiger partial charge in [-0.15, -0.1) is 0 Å². The molecule has 0 radical (unpaired) electrons. The van der Waals surface area contributed by atoms with Gasteiger partial charge < -0.3 is 14.8 Å². The highest BCUT2D eigenvalue weighted by atomic mass is 32.2. The summed E-state index contributed by atoms with van der Waals surface area (Å²) in [7, 11) is 1.54. The quantitative estimate of drug-likeness (QED) is 0.385. The first-order valence-electron chi connectivity index (χ1n) is 10.5. The molecule has 0 saturated carbocycles. The van der Waals surface area contributed by atoms with Gasteiger partial charge in [0.15, 0.2) is 5.16 Å². The number of carbonyl (C=O) groups excluding carboxylic acids is 2. The number of fused-ring (bicyclic) bond motifs is 1. The van der Waals surface area contributed by atoms with E-state index in [-0.39, 0.29) is 22.9 Å². The van der Waals surface area contributed by atoms with E-state index < -0.39 is 11.5 Å². The van der Waals surface area contributed by atoms with Gasteiger partial charge in [-0.3, -0.25) is 19.8 Å². The number of rotatable bonds is 8. The fraction of sp³-hybridized carbons (Fsp3) is 0.304. The van der Waals surface area contributed by atoms with Crippen LogP contribution in [0, 0.1) is 0 Å². The van der Waals surface area contributed by atoms with Crippen molar-refractivity contribution in [2.45, 2.75) is 24.1 Å². The summed E-state index contributed by atoms with van der Waals surface area (Å²) in [4.78, 5) is 42.8. The van der Waals surface area contributed by atoms with Gasteiger partial charge in [0.25, 0.3) is 11.5 Å². The molecule has 172 valence electrons. The number of nitrogens with one attached hydrogen (secondary N) is 2. The number of nitrogens with zero attached hydrogens (tertiary/aromatic N) is 2. The number of carbonyl (C=O) groups is 2. The summed E-state index contributed by atoms with van der Waals surface area (Å²) < 4.78 is 11.7. The number of aromatic nitrogens is 2. The minimum atomic E-state index is -0.485. The molecule has 0 bridgehead atoms. The van der Waals surface area contributed by atoms with E-state index in [1.54, 1.807) is 48.5 Å². The Morgan fingerprint density at radius 2 is 2.00 bits per heavy atom. The third-order valence-corrected chi connectivity index (χ3v) is 6.13. The lowest BCUT2D eigenvalue weighted by Gasteiger charge is -2.14. The molecule has 3 aromatic rings. The number of hydrogen-bond donors (Lipinski definition) is 2. The minimum absolute atomic E-state index is 0.0376. The third-order valence-electron chi connectivity index (χ3n) is 5.19. The standard InChI is InChI=1S/C23H24N4O5S/c1-31-16-10-8-15(9-11-16)21(29)26-27-22(30)18-6-2-3-7-19(18)25-23(27)33-14-20(28)24-13-17-5-4-12-32-17/h2-3,6-11,17H,4-5,12-14H2,1H3,(H,24,28)(H,26,29)/t17-/m1/s1. The molecule has 10 heteroatoms. The van der Waals surface area contributed by atoms with Crippen molar-refractivity contribution in [1.29, 1.82) is 0 Å². The molecule has 33 heavy (non-hydrogen) atoms. The van der Waals surface area contributed by atoms with Crippen molar-refractivity contribution in [3.63, 3.8) is 0 Å². The Morgan fingerprint density at radius 1 is 1.21 bits per heavy atom. The molecule has 2 N–H and O–H groups in total. The molecule has 0 aliphatic carbocycles. The van der Waals surface area contributed by atoms with Crippen LogP contribution in [0.1, 0.15) is 23.2 Å². The van der Waals surface area contributed by atoms with Crippen molar-refractivity contribution >= 4 is 34.5 Å². The molecule has 1 aliphatic heterocycles. The van der Waals surface area contributed by atoms with Crippen molar-refractivity contribution in [3.8, 4) is 5.75 Å². The zero-order chi connectivity index (χ0) is 23.2. The lowest BCUT2D eigenvalue weighted by atomic mass is 10.2. The number of amides is 2. The average molecular weight is 469 g/mol. The normalized spacial score (nSPS) is 15.4. The first kappa shape index (κ1) is 22.8. The second-order valence-electron chi connectivity index (χ2n) is 7.45. The molecule has 0 spiro atoms. The molecular weight excluding hydrogens is 444 g/mol. The van der Waals surface area contributed by atoms with Gasteiger partial charge in [0.2, 0.25) is 5.91 Å². The van der Waals surface area contributed by atoms with E-state index in [4.69, 9.17) is 9.47 Å². The summed E-state index contributed by atoms with van der Waals surface area (Å²) in [5.41, 5.74) is 3.02. The summed E-state index contributed by atoms with van der Waals surface area (Å²) in [5.74, 6) is -0.0376. The molecule has 2 aromatic carbocycles. The van der Waals surface area contributed by atoms with Crippen LogP contribution < -0.4 is 21.0 Å². The Hall–Kier alpha value is -3.37. The summed E-state index contributed by atoms with van der Waals surface area (Å²) in [5, 5.41) is 3.42. The molecule has 4 rings (SSSR count). The summed E-state index contributed by atoms with van der Waals surface area (Å²) in [6.07, 6.45) is 1.97. The molecule has 9 nitrogen and oxygen atoms in total. The first-order valence-corrected chi connectivity index (χ1v) is 11.5. The lowest BCUT2D eigenvalue weighted by Crippen LogP contribution is -2.36. The van der Waals surface area contributed by atoms with Gasteiger partial charge in [-0.1, -0.05) is 23.9 Å². The van der Waals surface area contributed by atoms with Crippen molar-refractivity contribution in [2.24, 2.45) is 0 Å². The smallest absolute Gasteiger partial charge is 0.281 e. The SMILES string of the molecule is COc1ccc(C(=O)Nn2c(SCC(=O)NC[C@H]3CCCO3)nc3ccccc3c2=O)cc1. The second-order valence-corrected chi connectivity index (χ2v) is 8.39. The van der Waals surface area contributed by atoms with Crippen LogP contribution >= 0.6 is 11.8 Å². The molecule has 1 fully saturated rings. The predicted octanol–water partition coefficient (Wildman–Crippen LogP) is 2.18. The van der Waals surface area contributed by atoms with Crippen molar-refractivity contribution in [3.05, 3.63) is 64.4 Å². The average Bonchev–Trinajstić information content (AvgIpc) is 3.37. The Labute approximate surface area is 194 Å². The third kappa shape index (κ3) is 5.52. The van der Waals surface area contributed by atoms with Gasteiger partial charge in [0.1, 0.15) is 5.75 Å². The van der Waals surface area contributed by atoms with E-state index >= 15 is 0 Å². The molecule has 2 amide bonds. The summed E-state index contributed by atoms with van der Waals surface area (Å²) in [6, 6.07) is 13.4. The van der Waals surface area contributed by atoms with Crippen molar-refractivity contribution in [2.75, 3.05) is 31.4 Å². The Morgan fingerprint density at radius 3 is 2.73 bits per heavy atom. The fourth-order valence-electron chi connectivity index (χ4n) is 3.43. The Kier molecular flexibility index (Phi) is 7.26. The number of methoxy groups -OCH3 is 1. The van der Waals surface area contributed by atoms with Gasteiger partial charge >= 0.3 is 0 Å². The van der Waals surface area contributed by atoms with Crippen LogP contribution in [-0.2, 0) is 9.53 Å². The molecule has 1 aromatic heterocycles. The van der Waals surface area contributed by atoms with Gasteiger partial charge in [-0.25, -0.2) is 4.98 Å². The minimum Gasteiger partial charge on any atom is -0.497 e. The van der Waals surface area contributed by atoms with Crippen molar-refractivity contribution < 1.29 is 19.1 Å². The molecular formula is C23H24N4O5S. The maximum Gasteiger partial charge on any atom is 0.281 e. The lowest BCUT2D eigenvalue weighted by molar-refractivity contribution is -0.119. The van der Waals surface area contributed by atoms with Crippen molar-refractivity contribution in [1.82, 2.24) is 15.0 Å². The van der Waals surface area contributed by atoms with Crippen LogP contribution in [0.15, 0.2) is 58.5 Å². The van der Waals surface area contributed by atoms with Crippen LogP contribution in [0.4, 0.5) is 0 Å². The highest BCUT2D eigenvalue weighted by molar-refractivity contribution is 7.99. The van der Waals surface area contributed by atoms with Crippen LogP contribution in [0.2, 0.25) is 0 Å². The number of ether oxygens (including phenoxy) is 2. The van der Waals surface area contributed by atoms with E-state index in [0.717, 1.165) is 35.9 Å². The van der Waals surface area contributed by atoms with E-state index in [9.17, 15) is 14.4 Å². The molecule has 2 heterocycles. The second kappa shape index (κ2) is 10.5. The van der Waals surface area contributed by atoms with E-state index in [1.807, 2.05) is 0 Å². The van der Waals surface area contributed by atoms with Crippen LogP contribution in [0.5, 0.6) is 5.75 Å². The van der Waals surface area contributed by atoms with Gasteiger partial charge in [-0.2, -0.15) is 4.68 Å². The molecule has 1 saturated heterocycles. The van der Waals surface area contributed by atoms with Gasteiger partial charge in [-0.05, 0) is 49.2 Å². The highest BCUT2D eigenvalue weighted by Crippen LogP contribution is 2.18. The predicted molar refractivity (Wildman–Crippen MR) is 125 cm³/mol. The number of hydrogen-bond acceptors (Lipinski definition) is 7. The fourth-order valence-corrected chi connectivity index (χ4v) is 4.21. The monoisotopic (exact) mass is 468 g/mol. The van der Waals surface area contributed by atoms with E-state index in [1.165, 1.54) is 7.11 Å². The maximum atomic E-state index is 13.1. The zero-order valence-electron chi connectivity index (χ0n) is 18.1. The topological polar surface area (TPSA) is 112 Å². The van der Waals surface area contributed by atoms with Gasteiger partial charge in [0, 0.05) is 18.7 Å². The Bertz CT molecular complexity index is 1210. The van der Waals surface area contributed by atoms with Gasteiger partial charge in [0.05, 0.1) is 29.9 Å². The van der Waals surface area contributed by atoms with E-state index in [0.29, 0.717) is 28.8 Å². The number of benzene rings is 2. The van der Waals surface area contributed by atoms with Crippen LogP contribution in [0.25, 0.3) is 10.9 Å². The largest absolute Gasteiger partial charge is 0.497 e. The molecule has 0 unspecified atom stereocenters. The molecule has 1 aliphatic rings. The summed E-state index contributed by atoms with van der Waals surface area (Å²) >= 11 is 1.07. The highest BCUT2D eigenvalue weighted by Gasteiger charge is 2.18. The zero-order valence-corrected chi connectivity index (χ0v) is 18.9. The first-order chi connectivity index (χ1) is 16.0. The Balaban J connectivity index is 1.53. The number of para-hydroxylation sites is 1. The number of thioether (sulfide) groups is 1. The maximum absolute atomic E-state index is 13.1.